The Kier molecular flexibility index (Phi) is 8.05. The van der Waals surface area contributed by atoms with Crippen LogP contribution < -0.4 is 4.74 Å². The van der Waals surface area contributed by atoms with Crippen molar-refractivity contribution in [3.8, 4) is 5.75 Å². The van der Waals surface area contributed by atoms with E-state index in [0.29, 0.717) is 0 Å². The van der Waals surface area contributed by atoms with Crippen LogP contribution in [0.25, 0.3) is 0 Å². The molecule has 2 aromatic rings. The van der Waals surface area contributed by atoms with Crippen LogP contribution in [0.5, 0.6) is 5.75 Å². The number of methoxy groups -OCH3 is 2. The first kappa shape index (κ1) is 24.4. The van der Waals surface area contributed by atoms with Crippen molar-refractivity contribution in [3.63, 3.8) is 0 Å². The molecule has 2 aromatic carbocycles. The predicted molar refractivity (Wildman–Crippen MR) is 131 cm³/mol. The van der Waals surface area contributed by atoms with Gasteiger partial charge in [-0.3, -0.25) is 9.59 Å². The smallest absolute Gasteiger partial charge is 0.320 e. The molecule has 3 rings (SSSR count). The van der Waals surface area contributed by atoms with Crippen molar-refractivity contribution in [2.45, 2.75) is 69.3 Å². The van der Waals surface area contributed by atoms with E-state index in [0.717, 1.165) is 71.4 Å². The molecule has 1 unspecified atom stereocenters. The number of benzene rings is 2. The lowest BCUT2D eigenvalue weighted by atomic mass is 9.76. The Labute approximate surface area is 196 Å². The number of carbonyl (C=O) groups is 2. The zero-order valence-electron chi connectivity index (χ0n) is 19.8. The fourth-order valence-corrected chi connectivity index (χ4v) is 6.38. The van der Waals surface area contributed by atoms with Gasteiger partial charge in [0.1, 0.15) is 11.7 Å². The van der Waals surface area contributed by atoms with Crippen molar-refractivity contribution < 1.29 is 19.1 Å². The molecule has 1 fully saturated rings. The zero-order valence-corrected chi connectivity index (χ0v) is 20.6. The molecule has 1 atom stereocenters. The minimum absolute atomic E-state index is 0.00221. The maximum absolute atomic E-state index is 14.2. The van der Waals surface area contributed by atoms with Crippen molar-refractivity contribution in [1.29, 1.82) is 0 Å². The van der Waals surface area contributed by atoms with Crippen LogP contribution in [0.3, 0.4) is 0 Å². The zero-order chi connectivity index (χ0) is 23.3. The first-order valence-corrected chi connectivity index (χ1v) is 12.3. The van der Waals surface area contributed by atoms with Gasteiger partial charge >= 0.3 is 5.97 Å². The molecule has 0 bridgehead atoms. The number of thioether (sulfide) groups is 1. The molecule has 1 aliphatic carbocycles. The molecule has 32 heavy (non-hydrogen) atoms. The molecule has 0 amide bonds. The van der Waals surface area contributed by atoms with Gasteiger partial charge in [0.05, 0.1) is 19.0 Å². The second-order valence-electron chi connectivity index (χ2n) is 8.82. The number of esters is 1. The molecule has 5 heteroatoms. The Morgan fingerprint density at radius 3 is 2.09 bits per heavy atom. The molecule has 0 N–H and O–H groups in total. The van der Waals surface area contributed by atoms with Crippen LogP contribution >= 0.6 is 11.8 Å². The van der Waals surface area contributed by atoms with E-state index in [-0.39, 0.29) is 5.78 Å². The number of rotatable bonds is 8. The van der Waals surface area contributed by atoms with Crippen LogP contribution in [0.2, 0.25) is 0 Å². The van der Waals surface area contributed by atoms with Gasteiger partial charge in [-0.1, -0.05) is 49.1 Å². The molecule has 0 aliphatic heterocycles. The third-order valence-electron chi connectivity index (χ3n) is 6.51. The van der Waals surface area contributed by atoms with Gasteiger partial charge in [0, 0.05) is 5.75 Å². The van der Waals surface area contributed by atoms with E-state index in [1.54, 1.807) is 18.9 Å². The van der Waals surface area contributed by atoms with Gasteiger partial charge in [-0.25, -0.2) is 0 Å². The van der Waals surface area contributed by atoms with E-state index in [9.17, 15) is 9.59 Å². The molecule has 0 spiro atoms. The summed E-state index contributed by atoms with van der Waals surface area (Å²) in [5.74, 6) is 0.188. The number of ketones is 1. The second-order valence-corrected chi connectivity index (χ2v) is 10.2. The molecule has 1 saturated carbocycles. The maximum atomic E-state index is 14.2. The molecule has 0 aromatic heterocycles. The summed E-state index contributed by atoms with van der Waals surface area (Å²) in [6.07, 6.45) is 4.72. The molecule has 0 heterocycles. The van der Waals surface area contributed by atoms with Crippen LogP contribution in [0, 0.1) is 20.8 Å². The Balaban J connectivity index is 1.96. The summed E-state index contributed by atoms with van der Waals surface area (Å²) in [5, 5.41) is 0. The van der Waals surface area contributed by atoms with Crippen molar-refractivity contribution in [3.05, 3.63) is 64.2 Å². The minimum atomic E-state index is -0.887. The highest BCUT2D eigenvalue weighted by atomic mass is 32.2. The van der Waals surface area contributed by atoms with E-state index in [2.05, 4.69) is 0 Å². The molecular weight excluding hydrogens is 420 g/mol. The van der Waals surface area contributed by atoms with Gasteiger partial charge < -0.3 is 9.47 Å². The van der Waals surface area contributed by atoms with Gasteiger partial charge in [0.25, 0.3) is 0 Å². The molecule has 0 radical (unpaired) electrons. The predicted octanol–water partition coefficient (Wildman–Crippen LogP) is 6.08. The summed E-state index contributed by atoms with van der Waals surface area (Å²) < 4.78 is 9.85. The van der Waals surface area contributed by atoms with Gasteiger partial charge in [-0.05, 0) is 68.0 Å². The summed E-state index contributed by atoms with van der Waals surface area (Å²) >= 11 is 1.69. The number of aryl methyl sites for hydroxylation is 3. The molecule has 1 aliphatic rings. The number of Topliss-reactive ketones (excluding diaryl/α,β-unsaturated/α-hetero) is 1. The molecule has 172 valence electrons. The van der Waals surface area contributed by atoms with Crippen molar-refractivity contribution in [2.75, 3.05) is 14.2 Å². The number of carbonyl (C=O) groups excluding carboxylic acids is 2. The van der Waals surface area contributed by atoms with E-state index < -0.39 is 16.6 Å². The van der Waals surface area contributed by atoms with E-state index in [4.69, 9.17) is 9.47 Å². The van der Waals surface area contributed by atoms with E-state index >= 15 is 0 Å². The second kappa shape index (κ2) is 10.6. The van der Waals surface area contributed by atoms with Crippen LogP contribution in [0.4, 0.5) is 0 Å². The largest absolute Gasteiger partial charge is 0.497 e. The third kappa shape index (κ3) is 5.20. The lowest BCUT2D eigenvalue weighted by Crippen LogP contribution is -2.43. The fraction of sp³-hybridized carbons (Fsp3) is 0.481. The Bertz CT molecular complexity index is 935. The average Bonchev–Trinajstić information content (AvgIpc) is 2.80. The van der Waals surface area contributed by atoms with Crippen LogP contribution in [-0.2, 0) is 20.1 Å². The van der Waals surface area contributed by atoms with Crippen LogP contribution in [-0.4, -0.2) is 30.7 Å². The standard InChI is InChI=1S/C27H34O4S/c1-18-15-19(2)23(20(3)16-18)24(26(29)31-5)25(28)27(13-7-6-8-14-27)32-17-21-9-11-22(30-4)12-10-21/h9-12,15-16,24H,6-8,13-14,17H2,1-5H3. The monoisotopic (exact) mass is 454 g/mol. The number of ether oxygens (including phenoxy) is 2. The fourth-order valence-electron chi connectivity index (χ4n) is 4.91. The summed E-state index contributed by atoms with van der Waals surface area (Å²) in [5.41, 5.74) is 5.02. The normalized spacial score (nSPS) is 16.3. The van der Waals surface area contributed by atoms with E-state index in [1.165, 1.54) is 7.11 Å². The summed E-state index contributed by atoms with van der Waals surface area (Å²) in [7, 11) is 3.03. The Morgan fingerprint density at radius 2 is 1.56 bits per heavy atom. The molecule has 4 nitrogen and oxygen atoms in total. The van der Waals surface area contributed by atoms with Crippen LogP contribution in [0.1, 0.15) is 65.8 Å². The highest BCUT2D eigenvalue weighted by molar-refractivity contribution is 8.00. The average molecular weight is 455 g/mol. The Morgan fingerprint density at radius 1 is 0.969 bits per heavy atom. The van der Waals surface area contributed by atoms with Gasteiger partial charge in [-0.2, -0.15) is 0 Å². The lowest BCUT2D eigenvalue weighted by molar-refractivity contribution is -0.146. The van der Waals surface area contributed by atoms with Gasteiger partial charge in [-0.15, -0.1) is 11.8 Å². The van der Waals surface area contributed by atoms with Crippen molar-refractivity contribution in [1.82, 2.24) is 0 Å². The number of hydrogen-bond donors (Lipinski definition) is 0. The SMILES string of the molecule is COC(=O)C(C(=O)C1(SCc2ccc(OC)cc2)CCCCC1)c1c(C)cc(C)cc1C. The summed E-state index contributed by atoms with van der Waals surface area (Å²) in [4.78, 5) is 27.2. The quantitative estimate of drug-likeness (QED) is 0.357. The molecule has 0 saturated heterocycles. The number of hydrogen-bond acceptors (Lipinski definition) is 5. The topological polar surface area (TPSA) is 52.6 Å². The van der Waals surface area contributed by atoms with E-state index in [1.807, 2.05) is 57.2 Å². The highest BCUT2D eigenvalue weighted by Crippen LogP contribution is 2.46. The highest BCUT2D eigenvalue weighted by Gasteiger charge is 2.47. The van der Waals surface area contributed by atoms with Crippen molar-refractivity contribution in [2.24, 2.45) is 0 Å². The lowest BCUT2D eigenvalue weighted by Gasteiger charge is -2.38. The third-order valence-corrected chi connectivity index (χ3v) is 8.15. The van der Waals surface area contributed by atoms with Crippen molar-refractivity contribution >= 4 is 23.5 Å². The summed E-state index contributed by atoms with van der Waals surface area (Å²) in [6.45, 7) is 6.00. The maximum Gasteiger partial charge on any atom is 0.320 e. The molecular formula is C27H34O4S. The van der Waals surface area contributed by atoms with Gasteiger partial charge in [0.15, 0.2) is 5.78 Å². The van der Waals surface area contributed by atoms with Gasteiger partial charge in [0.2, 0.25) is 0 Å². The first-order valence-electron chi connectivity index (χ1n) is 11.3. The summed E-state index contributed by atoms with van der Waals surface area (Å²) in [6, 6.07) is 12.1. The first-order chi connectivity index (χ1) is 15.3. The Hall–Kier alpha value is -2.27. The van der Waals surface area contributed by atoms with Crippen LogP contribution in [0.15, 0.2) is 36.4 Å². The minimum Gasteiger partial charge on any atom is -0.497 e.